The van der Waals surface area contributed by atoms with Crippen LogP contribution in [0.2, 0.25) is 0 Å². The summed E-state index contributed by atoms with van der Waals surface area (Å²) in [5, 5.41) is 0. The van der Waals surface area contributed by atoms with E-state index < -0.39 is 31.9 Å². The molecule has 0 atom stereocenters. The number of carbonyl (C=O) groups is 4. The molecule has 0 radical (unpaired) electrons. The van der Waals surface area contributed by atoms with Gasteiger partial charge < -0.3 is 9.47 Å². The van der Waals surface area contributed by atoms with E-state index >= 15 is 0 Å². The van der Waals surface area contributed by atoms with Gasteiger partial charge in [0.05, 0.1) is 13.2 Å². The average molecular weight is 454 g/mol. The molecule has 0 fully saturated rings. The molecule has 0 aromatic heterocycles. The van der Waals surface area contributed by atoms with Crippen LogP contribution in [-0.4, -0.2) is 47.9 Å². The molecule has 0 heterocycles. The minimum Gasteiger partial charge on any atom is -0.466 e. The Morgan fingerprint density at radius 3 is 1.10 bits per heavy atom. The number of carbonyl (C=O) groups excluding carboxylic acids is 4. The van der Waals surface area contributed by atoms with E-state index in [4.69, 9.17) is 6.64 Å². The fourth-order valence-electron chi connectivity index (χ4n) is 1.10. The summed E-state index contributed by atoms with van der Waals surface area (Å²) in [6.45, 7) is 19.1. The molecule has 0 unspecified atom stereocenters. The second kappa shape index (κ2) is 17.7. The van der Waals surface area contributed by atoms with Gasteiger partial charge in [0.25, 0.3) is 0 Å². The second-order valence-corrected chi connectivity index (χ2v) is 8.78. The molecule has 0 aromatic carbocycles. The van der Waals surface area contributed by atoms with Gasteiger partial charge in [0, 0.05) is 0 Å². The maximum Gasteiger partial charge on any atom is 0.313 e. The summed E-state index contributed by atoms with van der Waals surface area (Å²) in [4.78, 5) is 41.3. The first kappa shape index (κ1) is 32.6. The van der Waals surface area contributed by atoms with Crippen LogP contribution >= 0.6 is 0 Å². The van der Waals surface area contributed by atoms with Gasteiger partial charge in [-0.05, 0) is 27.7 Å². The summed E-state index contributed by atoms with van der Waals surface area (Å²) in [5.41, 5.74) is -0.101. The molecule has 0 bridgehead atoms. The molecule has 8 nitrogen and oxygen atoms in total. The van der Waals surface area contributed by atoms with Gasteiger partial charge in [0.15, 0.2) is 0 Å². The van der Waals surface area contributed by atoms with Crippen molar-refractivity contribution in [3.05, 3.63) is 0 Å². The molecule has 170 valence electrons. The van der Waals surface area contributed by atoms with Crippen molar-refractivity contribution in [2.24, 2.45) is 0 Å². The Labute approximate surface area is 185 Å². The quantitative estimate of drug-likeness (QED) is 0.311. The predicted octanol–water partition coefficient (Wildman–Crippen LogP) is 3.59. The van der Waals surface area contributed by atoms with E-state index in [1.54, 1.807) is 13.8 Å². The Morgan fingerprint density at radius 2 is 0.931 bits per heavy atom. The molecule has 0 aliphatic carbocycles. The van der Waals surface area contributed by atoms with Gasteiger partial charge in [-0.25, -0.2) is 0 Å². The normalized spacial score (nSPS) is 10.4. The maximum absolute atomic E-state index is 10.4. The molecule has 0 N–H and O–H groups in total. The maximum atomic E-state index is 10.4. The molecular weight excluding hydrogens is 416 g/mol. The Balaban J connectivity index is -0.000000352. The topological polar surface area (TPSA) is 105 Å². The molecule has 0 aromatic rings. The third-order valence-corrected chi connectivity index (χ3v) is 4.27. The molecule has 0 rings (SSSR count). The fraction of sp³-hybridized carbons (Fsp3) is 0.800. The van der Waals surface area contributed by atoms with E-state index in [-0.39, 0.29) is 35.6 Å². The van der Waals surface area contributed by atoms with E-state index in [9.17, 15) is 19.2 Å². The van der Waals surface area contributed by atoms with Crippen LogP contribution in [-0.2, 0) is 55.2 Å². The van der Waals surface area contributed by atoms with E-state index in [2.05, 4.69) is 9.47 Å². The monoisotopic (exact) mass is 454 g/mol. The van der Waals surface area contributed by atoms with Crippen molar-refractivity contribution in [3.8, 4) is 0 Å². The zero-order valence-corrected chi connectivity index (χ0v) is 21.2. The number of ketones is 2. The predicted molar refractivity (Wildman–Crippen MR) is 106 cm³/mol. The zero-order valence-electron chi connectivity index (χ0n) is 19.6. The van der Waals surface area contributed by atoms with Crippen molar-refractivity contribution in [2.45, 2.75) is 93.3 Å². The van der Waals surface area contributed by atoms with Crippen molar-refractivity contribution in [2.75, 3.05) is 13.2 Å². The van der Waals surface area contributed by atoms with Gasteiger partial charge >= 0.3 is 91.2 Å². The van der Waals surface area contributed by atoms with Gasteiger partial charge in [-0.1, -0.05) is 0 Å². The number of rotatable bonds is 8. The molecule has 9 heteroatoms. The third-order valence-electron chi connectivity index (χ3n) is 2.09. The molecule has 0 spiro atoms. The van der Waals surface area contributed by atoms with Crippen molar-refractivity contribution in [1.82, 2.24) is 0 Å². The second-order valence-electron chi connectivity index (χ2n) is 7.88. The molecule has 29 heavy (non-hydrogen) atoms. The van der Waals surface area contributed by atoms with Crippen molar-refractivity contribution >= 4 is 23.5 Å². The Hall–Kier alpha value is -1.09. The Morgan fingerprint density at radius 1 is 0.655 bits per heavy atom. The minimum atomic E-state index is -0.681. The van der Waals surface area contributed by atoms with E-state index in [0.29, 0.717) is 13.2 Å². The summed E-state index contributed by atoms with van der Waals surface area (Å²) in [6.07, 6.45) is -0.207. The summed E-state index contributed by atoms with van der Waals surface area (Å²) in [6, 6.07) is 0. The first-order valence-corrected chi connectivity index (χ1v) is 10.7. The number of Topliss-reactive ketones (excluding diaryl/α,β-unsaturated/α-hetero) is 2. The van der Waals surface area contributed by atoms with Gasteiger partial charge in [-0.15, -0.1) is 0 Å². The van der Waals surface area contributed by atoms with Crippen LogP contribution < -0.4 is 0 Å². The standard InChI is InChI=1S/2C6H10O3.2C4H9O.Ti/c2*1-3-9-6(8)4-5(2)7;2*1-4(2,3)5;/h2*3-4H2,1-2H3;2*1-3H3;/q;;2*-1;+2. The third kappa shape index (κ3) is 38.2. The molecule has 0 saturated heterocycles. The minimum absolute atomic E-state index is 0.0503. The van der Waals surface area contributed by atoms with Crippen molar-refractivity contribution in [1.29, 1.82) is 0 Å². The van der Waals surface area contributed by atoms with E-state index in [1.165, 1.54) is 13.8 Å². The molecule has 0 amide bonds. The van der Waals surface area contributed by atoms with Crippen LogP contribution in [0.4, 0.5) is 0 Å². The zero-order chi connectivity index (χ0) is 23.7. The van der Waals surface area contributed by atoms with Gasteiger partial charge in [-0.3, -0.25) is 19.2 Å². The molecule has 0 aliphatic heterocycles. The number of hydrogen-bond donors (Lipinski definition) is 0. The number of hydrogen-bond acceptors (Lipinski definition) is 8. The van der Waals surface area contributed by atoms with Crippen LogP contribution in [0.3, 0.4) is 0 Å². The van der Waals surface area contributed by atoms with Crippen molar-refractivity contribution < 1.29 is 55.2 Å². The van der Waals surface area contributed by atoms with Crippen LogP contribution in [0.25, 0.3) is 0 Å². The Kier molecular flexibility index (Phi) is 19.9. The van der Waals surface area contributed by atoms with Gasteiger partial charge in [0.1, 0.15) is 24.4 Å². The van der Waals surface area contributed by atoms with E-state index in [0.717, 1.165) is 0 Å². The van der Waals surface area contributed by atoms with Gasteiger partial charge in [0.2, 0.25) is 0 Å². The van der Waals surface area contributed by atoms with Crippen LogP contribution in [0.5, 0.6) is 0 Å². The molecular formula is C20H38O8Ti. The summed E-state index contributed by atoms with van der Waals surface area (Å²) in [5.74, 6) is -1.20. The van der Waals surface area contributed by atoms with Crippen LogP contribution in [0, 0.1) is 0 Å². The SMILES string of the molecule is CC(C)(C)[O][Ti][O]C(C)(C)C.CCOC(=O)CC(C)=O.CCOC(=O)CC(C)=O. The summed E-state index contributed by atoms with van der Waals surface area (Å²) in [7, 11) is 0. The first-order chi connectivity index (χ1) is 13.0. The number of esters is 2. The van der Waals surface area contributed by atoms with Gasteiger partial charge in [-0.2, -0.15) is 0 Å². The first-order valence-electron chi connectivity index (χ1n) is 9.45. The molecule has 0 saturated carbocycles. The Bertz CT molecular complexity index is 446. The smallest absolute Gasteiger partial charge is 0.313 e. The fourth-order valence-corrected chi connectivity index (χ4v) is 1.95. The molecule has 0 aliphatic rings. The largest absolute Gasteiger partial charge is 0.466 e. The summed E-state index contributed by atoms with van der Waals surface area (Å²) >= 11 is -0.681. The van der Waals surface area contributed by atoms with Crippen LogP contribution in [0.1, 0.15) is 82.1 Å². The van der Waals surface area contributed by atoms with E-state index in [1.807, 2.05) is 41.5 Å². The average Bonchev–Trinajstić information content (AvgIpc) is 2.44. The summed E-state index contributed by atoms with van der Waals surface area (Å²) < 4.78 is 20.0. The van der Waals surface area contributed by atoms with Crippen LogP contribution in [0.15, 0.2) is 0 Å². The number of ether oxygens (including phenoxy) is 2. The van der Waals surface area contributed by atoms with Crippen molar-refractivity contribution in [3.63, 3.8) is 0 Å².